The molecular weight excluding hydrogens is 432 g/mol. The summed E-state index contributed by atoms with van der Waals surface area (Å²) in [5.74, 6) is -0.682. The first-order valence-corrected chi connectivity index (χ1v) is 10.6. The van der Waals surface area contributed by atoms with Gasteiger partial charge in [0.25, 0.3) is 11.6 Å². The molecule has 34 heavy (non-hydrogen) atoms. The maximum atomic E-state index is 13.6. The minimum Gasteiger partial charge on any atom is -0.465 e. The monoisotopic (exact) mass is 454 g/mol. The number of benzene rings is 3. The number of ether oxygens (including phenoxy) is 1. The fourth-order valence-electron chi connectivity index (χ4n) is 3.81. The molecule has 7 nitrogen and oxygen atoms in total. The standard InChI is InChI=1S/C27H22N2O5/c1-17-4-8-20(9-5-17)25-16-22(15-19-6-11-23(12-7-19)29(32)33)26(30)28(25)24-13-10-21(14-18(24)2)27(31)34-3/h4-16H,1-3H3/b22-15+. The second kappa shape index (κ2) is 9.15. The predicted molar refractivity (Wildman–Crippen MR) is 130 cm³/mol. The first-order chi connectivity index (χ1) is 16.3. The van der Waals surface area contributed by atoms with Crippen LogP contribution in [0, 0.1) is 24.0 Å². The highest BCUT2D eigenvalue weighted by Gasteiger charge is 2.31. The Hall–Kier alpha value is -4.52. The van der Waals surface area contributed by atoms with Crippen molar-refractivity contribution in [1.82, 2.24) is 0 Å². The lowest BCUT2D eigenvalue weighted by molar-refractivity contribution is -0.384. The highest BCUT2D eigenvalue weighted by molar-refractivity contribution is 6.23. The molecular formula is C27H22N2O5. The van der Waals surface area contributed by atoms with Gasteiger partial charge in [0, 0.05) is 17.7 Å². The van der Waals surface area contributed by atoms with Crippen molar-refractivity contribution in [3.63, 3.8) is 0 Å². The molecule has 3 aromatic rings. The van der Waals surface area contributed by atoms with E-state index in [1.165, 1.54) is 19.2 Å². The van der Waals surface area contributed by atoms with Crippen LogP contribution in [0.15, 0.2) is 78.4 Å². The van der Waals surface area contributed by atoms with Crippen LogP contribution in [0.5, 0.6) is 0 Å². The number of hydrogen-bond acceptors (Lipinski definition) is 5. The fourth-order valence-corrected chi connectivity index (χ4v) is 3.81. The van der Waals surface area contributed by atoms with Crippen molar-refractivity contribution in [2.24, 2.45) is 0 Å². The number of non-ortho nitro benzene ring substituents is 1. The Kier molecular flexibility index (Phi) is 6.10. The van der Waals surface area contributed by atoms with Gasteiger partial charge in [-0.25, -0.2) is 4.79 Å². The molecule has 1 aliphatic rings. The topological polar surface area (TPSA) is 89.8 Å². The van der Waals surface area contributed by atoms with Gasteiger partial charge in [-0.15, -0.1) is 0 Å². The first-order valence-electron chi connectivity index (χ1n) is 10.6. The second-order valence-electron chi connectivity index (χ2n) is 7.98. The third-order valence-electron chi connectivity index (χ3n) is 5.62. The van der Waals surface area contributed by atoms with Gasteiger partial charge in [0.15, 0.2) is 0 Å². The van der Waals surface area contributed by atoms with E-state index in [2.05, 4.69) is 0 Å². The predicted octanol–water partition coefficient (Wildman–Crippen LogP) is 5.47. The number of esters is 1. The van der Waals surface area contributed by atoms with Crippen molar-refractivity contribution in [3.05, 3.63) is 116 Å². The van der Waals surface area contributed by atoms with Gasteiger partial charge in [0.05, 0.1) is 29.0 Å². The molecule has 1 heterocycles. The van der Waals surface area contributed by atoms with E-state index in [0.717, 1.165) is 16.7 Å². The van der Waals surface area contributed by atoms with Crippen molar-refractivity contribution in [3.8, 4) is 0 Å². The molecule has 7 heteroatoms. The second-order valence-corrected chi connectivity index (χ2v) is 7.98. The fraction of sp³-hybridized carbons (Fsp3) is 0.111. The number of nitrogens with zero attached hydrogens (tertiary/aromatic N) is 2. The lowest BCUT2D eigenvalue weighted by atomic mass is 10.1. The molecule has 0 atom stereocenters. The van der Waals surface area contributed by atoms with Gasteiger partial charge in [-0.1, -0.05) is 29.8 Å². The maximum absolute atomic E-state index is 13.6. The lowest BCUT2D eigenvalue weighted by Gasteiger charge is -2.23. The molecule has 0 fully saturated rings. The number of nitro groups is 1. The molecule has 0 unspecified atom stereocenters. The summed E-state index contributed by atoms with van der Waals surface area (Å²) in [7, 11) is 1.32. The summed E-state index contributed by atoms with van der Waals surface area (Å²) in [6, 6.07) is 18.9. The van der Waals surface area contributed by atoms with Crippen LogP contribution in [-0.4, -0.2) is 23.9 Å². The quantitative estimate of drug-likeness (QED) is 0.221. The Morgan fingerprint density at radius 2 is 1.68 bits per heavy atom. The summed E-state index contributed by atoms with van der Waals surface area (Å²) in [5, 5.41) is 10.9. The molecule has 1 amide bonds. The van der Waals surface area contributed by atoms with E-state index in [9.17, 15) is 19.7 Å². The smallest absolute Gasteiger partial charge is 0.337 e. The van der Waals surface area contributed by atoms with Gasteiger partial charge >= 0.3 is 5.97 Å². The van der Waals surface area contributed by atoms with Gasteiger partial charge in [-0.3, -0.25) is 19.8 Å². The van der Waals surface area contributed by atoms with Crippen LogP contribution in [0.1, 0.15) is 32.6 Å². The SMILES string of the molecule is COC(=O)c1ccc(N2C(=O)/C(=C/c3ccc([N+](=O)[O-])cc3)C=C2c2ccc(C)cc2)c(C)c1. The highest BCUT2D eigenvalue weighted by atomic mass is 16.6. The summed E-state index contributed by atoms with van der Waals surface area (Å²) in [6.07, 6.45) is 3.51. The third-order valence-corrected chi connectivity index (χ3v) is 5.62. The Morgan fingerprint density at radius 1 is 1.00 bits per heavy atom. The molecule has 0 N–H and O–H groups in total. The zero-order chi connectivity index (χ0) is 24.4. The number of amides is 1. The molecule has 0 bridgehead atoms. The highest BCUT2D eigenvalue weighted by Crippen LogP contribution is 2.37. The number of anilines is 1. The summed E-state index contributed by atoms with van der Waals surface area (Å²) in [4.78, 5) is 37.6. The summed E-state index contributed by atoms with van der Waals surface area (Å²) in [5.41, 5.74) is 5.56. The van der Waals surface area contributed by atoms with E-state index < -0.39 is 10.9 Å². The Bertz CT molecular complexity index is 1350. The van der Waals surface area contributed by atoms with Crippen LogP contribution in [0.25, 0.3) is 11.8 Å². The maximum Gasteiger partial charge on any atom is 0.337 e. The summed E-state index contributed by atoms with van der Waals surface area (Å²) in [6.45, 7) is 3.82. The van der Waals surface area contributed by atoms with Crippen molar-refractivity contribution in [2.75, 3.05) is 12.0 Å². The third kappa shape index (κ3) is 4.36. The van der Waals surface area contributed by atoms with E-state index in [-0.39, 0.29) is 11.6 Å². The minimum absolute atomic E-state index is 0.0151. The molecule has 0 aromatic heterocycles. The van der Waals surface area contributed by atoms with Crippen molar-refractivity contribution >= 4 is 35.0 Å². The number of methoxy groups -OCH3 is 1. The molecule has 4 rings (SSSR count). The van der Waals surface area contributed by atoms with Crippen LogP contribution in [-0.2, 0) is 9.53 Å². The van der Waals surface area contributed by atoms with E-state index in [0.29, 0.717) is 28.1 Å². The number of rotatable bonds is 5. The largest absolute Gasteiger partial charge is 0.465 e. The molecule has 170 valence electrons. The molecule has 0 saturated heterocycles. The van der Waals surface area contributed by atoms with Crippen LogP contribution < -0.4 is 4.90 Å². The van der Waals surface area contributed by atoms with Crippen LogP contribution in [0.2, 0.25) is 0 Å². The minimum atomic E-state index is -0.463. The van der Waals surface area contributed by atoms with E-state index in [1.54, 1.807) is 41.3 Å². The van der Waals surface area contributed by atoms with Gasteiger partial charge in [0.1, 0.15) is 0 Å². The van der Waals surface area contributed by atoms with Gasteiger partial charge in [-0.2, -0.15) is 0 Å². The van der Waals surface area contributed by atoms with E-state index in [1.807, 2.05) is 44.2 Å². The van der Waals surface area contributed by atoms with Crippen molar-refractivity contribution in [2.45, 2.75) is 13.8 Å². The van der Waals surface area contributed by atoms with E-state index in [4.69, 9.17) is 4.74 Å². The Morgan fingerprint density at radius 3 is 2.26 bits per heavy atom. The number of hydrogen-bond donors (Lipinski definition) is 0. The average molecular weight is 454 g/mol. The molecule has 0 saturated carbocycles. The number of aryl methyl sites for hydroxylation is 2. The molecule has 0 spiro atoms. The lowest BCUT2D eigenvalue weighted by Crippen LogP contribution is -2.26. The Labute approximate surface area is 196 Å². The molecule has 0 radical (unpaired) electrons. The van der Waals surface area contributed by atoms with Crippen molar-refractivity contribution in [1.29, 1.82) is 0 Å². The van der Waals surface area contributed by atoms with E-state index >= 15 is 0 Å². The molecule has 3 aromatic carbocycles. The molecule has 0 aliphatic carbocycles. The van der Waals surface area contributed by atoms with Gasteiger partial charge < -0.3 is 4.74 Å². The number of nitro benzene ring substituents is 1. The number of carbonyl (C=O) groups excluding carboxylic acids is 2. The Balaban J connectivity index is 1.80. The normalized spacial score (nSPS) is 14.3. The zero-order valence-corrected chi connectivity index (χ0v) is 18.9. The van der Waals surface area contributed by atoms with Gasteiger partial charge in [0.2, 0.25) is 0 Å². The van der Waals surface area contributed by atoms with Crippen LogP contribution in [0.4, 0.5) is 11.4 Å². The van der Waals surface area contributed by atoms with Gasteiger partial charge in [-0.05, 0) is 73.0 Å². The average Bonchev–Trinajstić information content (AvgIpc) is 3.14. The first kappa shape index (κ1) is 22.7. The summed E-state index contributed by atoms with van der Waals surface area (Å²) >= 11 is 0. The van der Waals surface area contributed by atoms with Crippen LogP contribution >= 0.6 is 0 Å². The zero-order valence-electron chi connectivity index (χ0n) is 18.9. The van der Waals surface area contributed by atoms with Crippen molar-refractivity contribution < 1.29 is 19.2 Å². The summed E-state index contributed by atoms with van der Waals surface area (Å²) < 4.78 is 4.80. The van der Waals surface area contributed by atoms with Crippen LogP contribution in [0.3, 0.4) is 0 Å². The molecule has 1 aliphatic heterocycles. The number of carbonyl (C=O) groups is 2.